The molecule has 1 atom stereocenters. The molecule has 3 heterocycles. The van der Waals surface area contributed by atoms with Gasteiger partial charge in [0.2, 0.25) is 0 Å². The summed E-state index contributed by atoms with van der Waals surface area (Å²) < 4.78 is 10.8. The minimum atomic E-state index is 0.293. The van der Waals surface area contributed by atoms with Crippen LogP contribution in [0.3, 0.4) is 0 Å². The van der Waals surface area contributed by atoms with Gasteiger partial charge >= 0.3 is 0 Å². The summed E-state index contributed by atoms with van der Waals surface area (Å²) in [6, 6.07) is 10.4. The van der Waals surface area contributed by atoms with Gasteiger partial charge < -0.3 is 9.26 Å². The van der Waals surface area contributed by atoms with E-state index < -0.39 is 0 Å². The lowest BCUT2D eigenvalue weighted by Gasteiger charge is -2.22. The molecule has 26 heavy (non-hydrogen) atoms. The lowest BCUT2D eigenvalue weighted by molar-refractivity contribution is 0.206. The molecule has 0 aliphatic carbocycles. The second kappa shape index (κ2) is 7.33. The first-order valence-corrected chi connectivity index (χ1v) is 9.14. The van der Waals surface area contributed by atoms with Gasteiger partial charge in [-0.3, -0.25) is 10.00 Å². The molecule has 136 valence electrons. The molecular weight excluding hydrogens is 328 g/mol. The standard InChI is InChI=1S/C20H24N4O2/c1-3-16-11-19(26-23-16)18-5-4-10-24(18)13-15-12-21-22-20(15)14-6-8-17(25-2)9-7-14/h6-9,11-12,18H,3-5,10,13H2,1-2H3,(H,21,22)/t18-/m1/s1. The lowest BCUT2D eigenvalue weighted by atomic mass is 10.1. The molecule has 1 aliphatic heterocycles. The Kier molecular flexibility index (Phi) is 4.75. The maximum Gasteiger partial charge on any atom is 0.154 e. The third kappa shape index (κ3) is 3.24. The number of methoxy groups -OCH3 is 1. The van der Waals surface area contributed by atoms with Crippen molar-refractivity contribution >= 4 is 0 Å². The van der Waals surface area contributed by atoms with Crippen LogP contribution in [0.5, 0.6) is 5.75 Å². The van der Waals surface area contributed by atoms with E-state index in [2.05, 4.69) is 45.4 Å². The molecule has 3 aromatic rings. The van der Waals surface area contributed by atoms with Crippen molar-refractivity contribution in [3.05, 3.63) is 53.5 Å². The number of hydrogen-bond donors (Lipinski definition) is 1. The summed E-state index contributed by atoms with van der Waals surface area (Å²) in [7, 11) is 1.68. The molecule has 1 fully saturated rings. The number of nitrogens with zero attached hydrogens (tertiary/aromatic N) is 3. The molecule has 0 saturated carbocycles. The van der Waals surface area contributed by atoms with Gasteiger partial charge in [0.1, 0.15) is 5.75 Å². The summed E-state index contributed by atoms with van der Waals surface area (Å²) in [6.45, 7) is 3.99. The van der Waals surface area contributed by atoms with Crippen LogP contribution in [0.4, 0.5) is 0 Å². The quantitative estimate of drug-likeness (QED) is 0.727. The van der Waals surface area contributed by atoms with Gasteiger partial charge in [-0.2, -0.15) is 5.10 Å². The molecule has 1 aliphatic rings. The summed E-state index contributed by atoms with van der Waals surface area (Å²) >= 11 is 0. The Labute approximate surface area is 153 Å². The van der Waals surface area contributed by atoms with E-state index in [9.17, 15) is 0 Å². The van der Waals surface area contributed by atoms with E-state index in [1.807, 2.05) is 18.3 Å². The molecule has 4 rings (SSSR count). The van der Waals surface area contributed by atoms with Crippen molar-refractivity contribution in [2.45, 2.75) is 38.8 Å². The molecule has 0 spiro atoms. The van der Waals surface area contributed by atoms with Crippen LogP contribution in [0.15, 0.2) is 41.1 Å². The van der Waals surface area contributed by atoms with Crippen LogP contribution >= 0.6 is 0 Å². The van der Waals surface area contributed by atoms with Crippen LogP contribution in [-0.2, 0) is 13.0 Å². The molecule has 0 radical (unpaired) electrons. The van der Waals surface area contributed by atoms with Crippen molar-refractivity contribution in [2.24, 2.45) is 0 Å². The average Bonchev–Trinajstić information content (AvgIpc) is 3.42. The highest BCUT2D eigenvalue weighted by Crippen LogP contribution is 2.35. The van der Waals surface area contributed by atoms with Crippen molar-refractivity contribution < 1.29 is 9.26 Å². The predicted molar refractivity (Wildman–Crippen MR) is 98.8 cm³/mol. The van der Waals surface area contributed by atoms with Crippen molar-refractivity contribution in [3.8, 4) is 17.0 Å². The zero-order chi connectivity index (χ0) is 17.9. The van der Waals surface area contributed by atoms with Crippen LogP contribution in [0.1, 0.15) is 42.8 Å². The Bertz CT molecular complexity index is 853. The van der Waals surface area contributed by atoms with Gasteiger partial charge in [-0.25, -0.2) is 0 Å². The number of aromatic nitrogens is 3. The van der Waals surface area contributed by atoms with Gasteiger partial charge in [-0.15, -0.1) is 0 Å². The topological polar surface area (TPSA) is 67.2 Å². The number of aromatic amines is 1. The first-order chi connectivity index (χ1) is 12.8. The Morgan fingerprint density at radius 3 is 2.88 bits per heavy atom. The number of rotatable bonds is 6. The second-order valence-corrected chi connectivity index (χ2v) is 6.70. The van der Waals surface area contributed by atoms with Crippen LogP contribution in [-0.4, -0.2) is 33.9 Å². The zero-order valence-electron chi connectivity index (χ0n) is 15.2. The van der Waals surface area contributed by atoms with Gasteiger partial charge in [0, 0.05) is 23.7 Å². The molecule has 2 aromatic heterocycles. The van der Waals surface area contributed by atoms with E-state index in [0.29, 0.717) is 6.04 Å². The minimum Gasteiger partial charge on any atom is -0.497 e. The van der Waals surface area contributed by atoms with Gasteiger partial charge in [-0.05, 0) is 50.1 Å². The third-order valence-corrected chi connectivity index (χ3v) is 5.10. The van der Waals surface area contributed by atoms with E-state index in [0.717, 1.165) is 54.4 Å². The van der Waals surface area contributed by atoms with E-state index in [-0.39, 0.29) is 0 Å². The fourth-order valence-corrected chi connectivity index (χ4v) is 3.65. The normalized spacial score (nSPS) is 17.7. The summed E-state index contributed by atoms with van der Waals surface area (Å²) in [5.74, 6) is 1.83. The molecular formula is C20H24N4O2. The highest BCUT2D eigenvalue weighted by Gasteiger charge is 2.30. The van der Waals surface area contributed by atoms with E-state index in [4.69, 9.17) is 9.26 Å². The number of benzene rings is 1. The number of ether oxygens (including phenoxy) is 1. The Balaban J connectivity index is 1.54. The average molecular weight is 352 g/mol. The van der Waals surface area contributed by atoms with Crippen molar-refractivity contribution in [2.75, 3.05) is 13.7 Å². The van der Waals surface area contributed by atoms with Crippen molar-refractivity contribution in [1.82, 2.24) is 20.3 Å². The molecule has 1 saturated heterocycles. The highest BCUT2D eigenvalue weighted by molar-refractivity contribution is 5.63. The van der Waals surface area contributed by atoms with E-state index >= 15 is 0 Å². The van der Waals surface area contributed by atoms with Gasteiger partial charge in [-0.1, -0.05) is 12.1 Å². The third-order valence-electron chi connectivity index (χ3n) is 5.10. The Morgan fingerprint density at radius 2 is 2.15 bits per heavy atom. The fraction of sp³-hybridized carbons (Fsp3) is 0.400. The second-order valence-electron chi connectivity index (χ2n) is 6.70. The van der Waals surface area contributed by atoms with Crippen LogP contribution in [0, 0.1) is 0 Å². The SMILES string of the molecule is CCc1cc([C@H]2CCCN2Cc2cn[nH]c2-c2ccc(OC)cc2)on1. The molecule has 1 N–H and O–H groups in total. The zero-order valence-corrected chi connectivity index (χ0v) is 15.2. The first kappa shape index (κ1) is 16.8. The lowest BCUT2D eigenvalue weighted by Crippen LogP contribution is -2.22. The highest BCUT2D eigenvalue weighted by atomic mass is 16.5. The van der Waals surface area contributed by atoms with Crippen LogP contribution < -0.4 is 4.74 Å². The van der Waals surface area contributed by atoms with Crippen molar-refractivity contribution in [3.63, 3.8) is 0 Å². The van der Waals surface area contributed by atoms with Gasteiger partial charge in [0.05, 0.1) is 30.7 Å². The molecule has 0 amide bonds. The first-order valence-electron chi connectivity index (χ1n) is 9.14. The number of H-pyrrole nitrogens is 1. The maximum absolute atomic E-state index is 5.60. The summed E-state index contributed by atoms with van der Waals surface area (Å²) in [5, 5.41) is 11.6. The fourth-order valence-electron chi connectivity index (χ4n) is 3.65. The Morgan fingerprint density at radius 1 is 1.31 bits per heavy atom. The molecule has 0 bridgehead atoms. The summed E-state index contributed by atoms with van der Waals surface area (Å²) in [6.07, 6.45) is 5.10. The monoisotopic (exact) mass is 352 g/mol. The largest absolute Gasteiger partial charge is 0.497 e. The molecule has 1 aromatic carbocycles. The van der Waals surface area contributed by atoms with Crippen molar-refractivity contribution in [1.29, 1.82) is 0 Å². The number of likely N-dealkylation sites (tertiary alicyclic amines) is 1. The van der Waals surface area contributed by atoms with E-state index in [1.54, 1.807) is 7.11 Å². The predicted octanol–water partition coefficient (Wildman–Crippen LogP) is 3.97. The van der Waals surface area contributed by atoms with Crippen LogP contribution in [0.2, 0.25) is 0 Å². The molecule has 6 heteroatoms. The van der Waals surface area contributed by atoms with Crippen LogP contribution in [0.25, 0.3) is 11.3 Å². The number of hydrogen-bond acceptors (Lipinski definition) is 5. The smallest absolute Gasteiger partial charge is 0.154 e. The minimum absolute atomic E-state index is 0.293. The number of aryl methyl sites for hydroxylation is 1. The Hall–Kier alpha value is -2.60. The summed E-state index contributed by atoms with van der Waals surface area (Å²) in [5.41, 5.74) is 4.39. The molecule has 6 nitrogen and oxygen atoms in total. The van der Waals surface area contributed by atoms with Gasteiger partial charge in [0.25, 0.3) is 0 Å². The maximum atomic E-state index is 5.60. The summed E-state index contributed by atoms with van der Waals surface area (Å²) in [4.78, 5) is 2.46. The number of nitrogens with one attached hydrogen (secondary N) is 1. The van der Waals surface area contributed by atoms with Gasteiger partial charge in [0.15, 0.2) is 5.76 Å². The van der Waals surface area contributed by atoms with E-state index in [1.165, 1.54) is 12.0 Å². The molecule has 0 unspecified atom stereocenters.